The molecule has 0 bridgehead atoms. The van der Waals surface area contributed by atoms with Gasteiger partial charge in [-0.1, -0.05) is 37.1 Å². The van der Waals surface area contributed by atoms with Gasteiger partial charge in [0, 0.05) is 30.1 Å². The molecule has 0 unspecified atom stereocenters. The van der Waals surface area contributed by atoms with Crippen LogP contribution in [0.4, 0.5) is 16.2 Å². The second-order valence-electron chi connectivity index (χ2n) is 8.84. The molecule has 1 atom stereocenters. The lowest BCUT2D eigenvalue weighted by Gasteiger charge is -2.35. The molecule has 10 nitrogen and oxygen atoms in total. The Labute approximate surface area is 219 Å². The fourth-order valence-corrected chi connectivity index (χ4v) is 4.22. The first-order valence-electron chi connectivity index (χ1n) is 11.9. The smallest absolute Gasteiger partial charge is 0.338 e. The third kappa shape index (κ3) is 6.45. The Kier molecular flexibility index (Phi) is 8.88. The number of non-ortho nitro benzene ring substituents is 1. The molecule has 0 saturated heterocycles. The SMILES string of the molecule is CCCCN1C(=O)N[C@H](c2cccc(NC(=O)c3ccc([N+](=O)[O-])cc3Cl)c2)C(C(=O)OC(C)C)=C1C. The second kappa shape index (κ2) is 11.9. The molecule has 2 aromatic carbocycles. The highest BCUT2D eigenvalue weighted by molar-refractivity contribution is 6.34. The summed E-state index contributed by atoms with van der Waals surface area (Å²) in [6, 6.07) is 9.14. The minimum atomic E-state index is -0.795. The molecule has 0 aliphatic carbocycles. The van der Waals surface area contributed by atoms with Crippen LogP contribution in [0.25, 0.3) is 0 Å². The Morgan fingerprint density at radius 2 is 1.97 bits per heavy atom. The van der Waals surface area contributed by atoms with Crippen LogP contribution in [-0.4, -0.2) is 40.4 Å². The monoisotopic (exact) mass is 528 g/mol. The number of hydrogen-bond donors (Lipinski definition) is 2. The third-order valence-electron chi connectivity index (χ3n) is 5.78. The van der Waals surface area contributed by atoms with Gasteiger partial charge in [-0.05, 0) is 51.0 Å². The molecule has 196 valence electrons. The minimum absolute atomic E-state index is 0.0622. The number of rotatable bonds is 9. The first-order valence-corrected chi connectivity index (χ1v) is 12.3. The summed E-state index contributed by atoms with van der Waals surface area (Å²) in [6.07, 6.45) is 1.30. The van der Waals surface area contributed by atoms with Gasteiger partial charge in [-0.15, -0.1) is 0 Å². The third-order valence-corrected chi connectivity index (χ3v) is 6.09. The summed E-state index contributed by atoms with van der Waals surface area (Å²) in [5.41, 5.74) is 1.60. The number of benzene rings is 2. The van der Waals surface area contributed by atoms with E-state index < -0.39 is 22.8 Å². The van der Waals surface area contributed by atoms with Crippen molar-refractivity contribution in [1.29, 1.82) is 0 Å². The minimum Gasteiger partial charge on any atom is -0.459 e. The number of unbranched alkanes of at least 4 members (excludes halogenated alkanes) is 1. The largest absolute Gasteiger partial charge is 0.459 e. The Morgan fingerprint density at radius 3 is 2.59 bits per heavy atom. The summed E-state index contributed by atoms with van der Waals surface area (Å²) in [7, 11) is 0. The molecular weight excluding hydrogens is 500 g/mol. The number of halogens is 1. The predicted octanol–water partition coefficient (Wildman–Crippen LogP) is 5.59. The van der Waals surface area contributed by atoms with E-state index in [0.717, 1.165) is 18.9 Å². The van der Waals surface area contributed by atoms with Gasteiger partial charge in [0.1, 0.15) is 0 Å². The number of allylic oxidation sites excluding steroid dienone is 1. The van der Waals surface area contributed by atoms with Crippen molar-refractivity contribution in [2.24, 2.45) is 0 Å². The molecule has 11 heteroatoms. The number of carbonyl (C=O) groups excluding carboxylic acids is 3. The van der Waals surface area contributed by atoms with Crippen LogP contribution in [0.5, 0.6) is 0 Å². The Morgan fingerprint density at radius 1 is 1.24 bits per heavy atom. The number of nitrogens with one attached hydrogen (secondary N) is 2. The Hall–Kier alpha value is -3.92. The molecule has 3 rings (SSSR count). The van der Waals surface area contributed by atoms with Gasteiger partial charge in [0.2, 0.25) is 0 Å². The molecule has 0 aromatic heterocycles. The second-order valence-corrected chi connectivity index (χ2v) is 9.25. The average molecular weight is 529 g/mol. The number of amides is 3. The van der Waals surface area contributed by atoms with E-state index in [0.29, 0.717) is 29.1 Å². The lowest BCUT2D eigenvalue weighted by atomic mass is 9.94. The summed E-state index contributed by atoms with van der Waals surface area (Å²) in [5, 5.41) is 16.5. The summed E-state index contributed by atoms with van der Waals surface area (Å²) in [5.74, 6) is -1.10. The van der Waals surface area contributed by atoms with Gasteiger partial charge in [-0.25, -0.2) is 9.59 Å². The van der Waals surface area contributed by atoms with Gasteiger partial charge in [0.25, 0.3) is 11.6 Å². The van der Waals surface area contributed by atoms with Crippen molar-refractivity contribution in [3.63, 3.8) is 0 Å². The molecule has 0 radical (unpaired) electrons. The highest BCUT2D eigenvalue weighted by atomic mass is 35.5. The molecule has 1 heterocycles. The van der Waals surface area contributed by atoms with Crippen LogP contribution in [0.15, 0.2) is 53.7 Å². The summed E-state index contributed by atoms with van der Waals surface area (Å²) < 4.78 is 5.49. The van der Waals surface area contributed by atoms with E-state index in [1.54, 1.807) is 49.9 Å². The molecule has 2 N–H and O–H groups in total. The Bertz CT molecular complexity index is 1260. The van der Waals surface area contributed by atoms with E-state index in [4.69, 9.17) is 16.3 Å². The highest BCUT2D eigenvalue weighted by Crippen LogP contribution is 2.33. The van der Waals surface area contributed by atoms with Gasteiger partial charge in [-0.2, -0.15) is 0 Å². The van der Waals surface area contributed by atoms with Gasteiger partial charge in [0.05, 0.1) is 33.2 Å². The summed E-state index contributed by atoms with van der Waals surface area (Å²) >= 11 is 6.09. The standard InChI is InChI=1S/C26H29ClN4O6/c1-5-6-12-30-16(4)22(25(33)37-15(2)3)23(29-26(30)34)17-8-7-9-18(13-17)28-24(32)20-11-10-19(31(35)36)14-21(20)27/h7-11,13-15,23H,5-6,12H2,1-4H3,(H,28,32)(H,29,34)/t23-/m1/s1. The lowest BCUT2D eigenvalue weighted by molar-refractivity contribution is -0.384. The molecule has 37 heavy (non-hydrogen) atoms. The van der Waals surface area contributed by atoms with Crippen LogP contribution < -0.4 is 10.6 Å². The zero-order chi connectivity index (χ0) is 27.3. The lowest BCUT2D eigenvalue weighted by Crippen LogP contribution is -2.48. The maximum Gasteiger partial charge on any atom is 0.338 e. The normalized spacial score (nSPS) is 15.5. The first kappa shape index (κ1) is 27.7. The van der Waals surface area contributed by atoms with Crippen molar-refractivity contribution in [3.05, 3.63) is 80.0 Å². The van der Waals surface area contributed by atoms with Crippen LogP contribution in [0.2, 0.25) is 5.02 Å². The van der Waals surface area contributed by atoms with E-state index in [1.165, 1.54) is 12.1 Å². The number of nitro benzene ring substituents is 1. The fraction of sp³-hybridized carbons (Fsp3) is 0.346. The number of anilines is 1. The number of nitro groups is 1. The predicted molar refractivity (Wildman–Crippen MR) is 139 cm³/mol. The van der Waals surface area contributed by atoms with Crippen molar-refractivity contribution in [3.8, 4) is 0 Å². The molecule has 0 spiro atoms. The number of hydrogen-bond acceptors (Lipinski definition) is 6. The van der Waals surface area contributed by atoms with Crippen LogP contribution in [0, 0.1) is 10.1 Å². The zero-order valence-corrected chi connectivity index (χ0v) is 21.8. The van der Waals surface area contributed by atoms with Crippen LogP contribution in [0.3, 0.4) is 0 Å². The molecule has 0 saturated carbocycles. The van der Waals surface area contributed by atoms with E-state index >= 15 is 0 Å². The average Bonchev–Trinajstić information content (AvgIpc) is 2.83. The Balaban J connectivity index is 1.94. The number of urea groups is 1. The maximum atomic E-state index is 13.1. The van der Waals surface area contributed by atoms with E-state index in [9.17, 15) is 24.5 Å². The van der Waals surface area contributed by atoms with Gasteiger partial charge < -0.3 is 15.4 Å². The molecule has 3 amide bonds. The maximum absolute atomic E-state index is 13.1. The number of ether oxygens (including phenoxy) is 1. The van der Waals surface area contributed by atoms with Crippen molar-refractivity contribution >= 4 is 40.9 Å². The van der Waals surface area contributed by atoms with Gasteiger partial charge >= 0.3 is 12.0 Å². The number of nitrogens with zero attached hydrogens (tertiary/aromatic N) is 2. The van der Waals surface area contributed by atoms with Crippen LogP contribution >= 0.6 is 11.6 Å². The topological polar surface area (TPSA) is 131 Å². The van der Waals surface area contributed by atoms with E-state index in [-0.39, 0.29) is 28.4 Å². The van der Waals surface area contributed by atoms with Crippen molar-refractivity contribution in [2.45, 2.75) is 52.7 Å². The first-order chi connectivity index (χ1) is 17.5. The molecule has 0 fully saturated rings. The van der Waals surface area contributed by atoms with Crippen molar-refractivity contribution < 1.29 is 24.0 Å². The molecule has 2 aromatic rings. The van der Waals surface area contributed by atoms with Crippen LogP contribution in [0.1, 0.15) is 62.5 Å². The van der Waals surface area contributed by atoms with Crippen molar-refractivity contribution in [2.75, 3.05) is 11.9 Å². The van der Waals surface area contributed by atoms with Crippen molar-refractivity contribution in [1.82, 2.24) is 10.2 Å². The van der Waals surface area contributed by atoms with Gasteiger partial charge in [-0.3, -0.25) is 19.8 Å². The highest BCUT2D eigenvalue weighted by Gasteiger charge is 2.36. The van der Waals surface area contributed by atoms with E-state index in [2.05, 4.69) is 10.6 Å². The molecule has 1 aliphatic rings. The van der Waals surface area contributed by atoms with E-state index in [1.807, 2.05) is 6.92 Å². The number of carbonyl (C=O) groups is 3. The zero-order valence-electron chi connectivity index (χ0n) is 21.0. The number of esters is 1. The molecular formula is C26H29ClN4O6. The van der Waals surface area contributed by atoms with Gasteiger partial charge in [0.15, 0.2) is 0 Å². The van der Waals surface area contributed by atoms with Crippen LogP contribution in [-0.2, 0) is 9.53 Å². The molecule has 1 aliphatic heterocycles. The fourth-order valence-electron chi connectivity index (χ4n) is 3.95. The summed E-state index contributed by atoms with van der Waals surface area (Å²) in [6.45, 7) is 7.70. The summed E-state index contributed by atoms with van der Waals surface area (Å²) in [4.78, 5) is 50.7. The quantitative estimate of drug-likeness (QED) is 0.248.